The van der Waals surface area contributed by atoms with Gasteiger partial charge in [-0.15, -0.1) is 0 Å². The molecule has 9 heteroatoms. The molecule has 1 aromatic carbocycles. The minimum absolute atomic E-state index is 0.260. The number of amides is 1. The molecule has 2 atom stereocenters. The molecule has 1 rings (SSSR count). The topological polar surface area (TPSA) is 102 Å². The van der Waals surface area contributed by atoms with E-state index < -0.39 is 15.4 Å². The summed E-state index contributed by atoms with van der Waals surface area (Å²) in [5.74, 6) is 1.39. The smallest absolute Gasteiger partial charge is 0.413 e. The summed E-state index contributed by atoms with van der Waals surface area (Å²) in [5, 5.41) is 19.8. The van der Waals surface area contributed by atoms with Gasteiger partial charge in [0.2, 0.25) is 0 Å². The van der Waals surface area contributed by atoms with Crippen molar-refractivity contribution in [3.63, 3.8) is 0 Å². The van der Waals surface area contributed by atoms with E-state index in [2.05, 4.69) is 29.4 Å². The Kier molecular flexibility index (Phi) is 13.7. The zero-order valence-electron chi connectivity index (χ0n) is 18.6. The second-order valence-corrected chi connectivity index (χ2v) is 9.13. The third-order valence-corrected chi connectivity index (χ3v) is 6.57. The molecular formula is C21H36N3O5Si. The van der Waals surface area contributed by atoms with Crippen LogP contribution < -0.4 is 10.1 Å². The summed E-state index contributed by atoms with van der Waals surface area (Å²) in [4.78, 5) is 10.7. The van der Waals surface area contributed by atoms with E-state index in [-0.39, 0.29) is 12.2 Å². The Morgan fingerprint density at radius 1 is 1.20 bits per heavy atom. The first kappa shape index (κ1) is 26.1. The summed E-state index contributed by atoms with van der Waals surface area (Å²) in [6, 6.07) is 7.87. The second-order valence-electron chi connectivity index (χ2n) is 7.01. The number of benzene rings is 1. The number of azo groups is 1. The number of ether oxygens (including phenoxy) is 1. The van der Waals surface area contributed by atoms with Crippen molar-refractivity contribution in [2.24, 2.45) is 16.1 Å². The van der Waals surface area contributed by atoms with E-state index in [4.69, 9.17) is 18.7 Å². The van der Waals surface area contributed by atoms with E-state index in [0.29, 0.717) is 25.5 Å². The Morgan fingerprint density at radius 2 is 1.93 bits per heavy atom. The molecule has 0 fully saturated rings. The van der Waals surface area contributed by atoms with Gasteiger partial charge in [-0.25, -0.2) is 4.79 Å². The average Bonchev–Trinajstić information content (AvgIpc) is 2.75. The number of carboxylic acid groups (broad SMARTS) is 1. The highest BCUT2D eigenvalue weighted by Gasteiger charge is 2.26. The molecule has 0 spiro atoms. The van der Waals surface area contributed by atoms with Crippen LogP contribution in [0, 0.1) is 5.92 Å². The van der Waals surface area contributed by atoms with Gasteiger partial charge in [-0.05, 0) is 24.8 Å². The molecule has 0 aromatic heterocycles. The molecule has 0 aliphatic rings. The SMILES string of the molecule is CCCCC(CC)COc1ccccc1CN=NC(CCNC(=O)O)[Si](OC)OC. The van der Waals surface area contributed by atoms with Crippen molar-refractivity contribution >= 4 is 15.4 Å². The van der Waals surface area contributed by atoms with Gasteiger partial charge in [0, 0.05) is 26.3 Å². The molecule has 1 radical (unpaired) electrons. The molecule has 0 aliphatic heterocycles. The fourth-order valence-corrected chi connectivity index (χ4v) is 4.26. The van der Waals surface area contributed by atoms with E-state index in [1.165, 1.54) is 19.3 Å². The minimum Gasteiger partial charge on any atom is -0.493 e. The predicted octanol–water partition coefficient (Wildman–Crippen LogP) is 4.58. The first-order valence-corrected chi connectivity index (χ1v) is 11.9. The Morgan fingerprint density at radius 3 is 2.57 bits per heavy atom. The van der Waals surface area contributed by atoms with E-state index >= 15 is 0 Å². The number of unbranched alkanes of at least 4 members (excludes halogenated alkanes) is 1. The lowest BCUT2D eigenvalue weighted by atomic mass is 10.0. The van der Waals surface area contributed by atoms with Crippen LogP contribution in [0.1, 0.15) is 51.5 Å². The third-order valence-electron chi connectivity index (χ3n) is 4.82. The monoisotopic (exact) mass is 438 g/mol. The van der Waals surface area contributed by atoms with Crippen LogP contribution in [-0.2, 0) is 15.4 Å². The van der Waals surface area contributed by atoms with E-state index in [0.717, 1.165) is 17.7 Å². The molecule has 0 saturated carbocycles. The molecule has 0 heterocycles. The lowest BCUT2D eigenvalue weighted by molar-refractivity contribution is 0.194. The van der Waals surface area contributed by atoms with Crippen LogP contribution >= 0.6 is 0 Å². The number of hydrogen-bond acceptors (Lipinski definition) is 6. The number of nitrogens with zero attached hydrogens (tertiary/aromatic N) is 2. The van der Waals surface area contributed by atoms with Gasteiger partial charge < -0.3 is 24.0 Å². The largest absolute Gasteiger partial charge is 0.493 e. The molecular weight excluding hydrogens is 402 g/mol. The van der Waals surface area contributed by atoms with Crippen LogP contribution in [0.3, 0.4) is 0 Å². The molecule has 1 aromatic rings. The van der Waals surface area contributed by atoms with Crippen LogP contribution in [0.25, 0.3) is 0 Å². The molecule has 0 aliphatic carbocycles. The summed E-state index contributed by atoms with van der Waals surface area (Å²) in [5.41, 5.74) is 0.654. The van der Waals surface area contributed by atoms with Crippen LogP contribution in [0.15, 0.2) is 34.5 Å². The number of hydrogen-bond donors (Lipinski definition) is 2. The molecule has 1 amide bonds. The fourth-order valence-electron chi connectivity index (χ4n) is 2.99. The van der Waals surface area contributed by atoms with Crippen molar-refractivity contribution in [2.75, 3.05) is 27.4 Å². The molecule has 169 valence electrons. The average molecular weight is 439 g/mol. The molecule has 2 unspecified atom stereocenters. The summed E-state index contributed by atoms with van der Waals surface area (Å²) in [6.07, 6.45) is 4.10. The Balaban J connectivity index is 2.73. The van der Waals surface area contributed by atoms with Gasteiger partial charge in [0.15, 0.2) is 0 Å². The van der Waals surface area contributed by atoms with Crippen molar-refractivity contribution in [3.8, 4) is 5.75 Å². The summed E-state index contributed by atoms with van der Waals surface area (Å²) >= 11 is 0. The predicted molar refractivity (Wildman–Crippen MR) is 118 cm³/mol. The number of carbonyl (C=O) groups is 1. The van der Waals surface area contributed by atoms with Crippen LogP contribution in [0.4, 0.5) is 4.79 Å². The number of rotatable bonds is 16. The van der Waals surface area contributed by atoms with Gasteiger partial charge in [-0.3, -0.25) is 0 Å². The second kappa shape index (κ2) is 15.8. The van der Waals surface area contributed by atoms with Crippen LogP contribution in [0.2, 0.25) is 0 Å². The number of nitrogens with one attached hydrogen (secondary N) is 1. The molecule has 8 nitrogen and oxygen atoms in total. The first-order chi connectivity index (χ1) is 14.5. The van der Waals surface area contributed by atoms with E-state index in [1.807, 2.05) is 24.3 Å². The van der Waals surface area contributed by atoms with Gasteiger partial charge >= 0.3 is 15.4 Å². The lowest BCUT2D eigenvalue weighted by Crippen LogP contribution is -2.37. The minimum atomic E-state index is -1.68. The lowest BCUT2D eigenvalue weighted by Gasteiger charge is -2.18. The van der Waals surface area contributed by atoms with E-state index in [1.54, 1.807) is 14.2 Å². The van der Waals surface area contributed by atoms with Crippen molar-refractivity contribution in [1.82, 2.24) is 5.32 Å². The highest BCUT2D eigenvalue weighted by Crippen LogP contribution is 2.22. The molecule has 0 bridgehead atoms. The van der Waals surface area contributed by atoms with Crippen molar-refractivity contribution in [1.29, 1.82) is 0 Å². The highest BCUT2D eigenvalue weighted by molar-refractivity contribution is 6.46. The van der Waals surface area contributed by atoms with Crippen molar-refractivity contribution in [3.05, 3.63) is 29.8 Å². The normalized spacial score (nSPS) is 13.5. The third kappa shape index (κ3) is 10.2. The summed E-state index contributed by atoms with van der Waals surface area (Å²) in [7, 11) is 1.45. The van der Waals surface area contributed by atoms with Crippen molar-refractivity contribution < 1.29 is 23.5 Å². The first-order valence-electron chi connectivity index (χ1n) is 10.5. The van der Waals surface area contributed by atoms with E-state index in [9.17, 15) is 4.79 Å². The van der Waals surface area contributed by atoms with Gasteiger partial charge in [0.1, 0.15) is 11.4 Å². The molecule has 30 heavy (non-hydrogen) atoms. The zero-order valence-corrected chi connectivity index (χ0v) is 19.6. The van der Waals surface area contributed by atoms with Crippen molar-refractivity contribution in [2.45, 2.75) is 58.2 Å². The maximum absolute atomic E-state index is 10.7. The fraction of sp³-hybridized carbons (Fsp3) is 0.667. The maximum atomic E-state index is 10.7. The van der Waals surface area contributed by atoms with Crippen LogP contribution in [0.5, 0.6) is 5.75 Å². The molecule has 2 N–H and O–H groups in total. The Bertz CT molecular complexity index is 628. The number of para-hydroxylation sites is 1. The quantitative estimate of drug-likeness (QED) is 0.290. The highest BCUT2D eigenvalue weighted by atomic mass is 28.3. The summed E-state index contributed by atoms with van der Waals surface area (Å²) < 4.78 is 16.9. The zero-order chi connectivity index (χ0) is 22.2. The van der Waals surface area contributed by atoms with Gasteiger partial charge in [-0.2, -0.15) is 10.2 Å². The van der Waals surface area contributed by atoms with Gasteiger partial charge in [0.25, 0.3) is 0 Å². The summed E-state index contributed by atoms with van der Waals surface area (Å²) in [6.45, 7) is 5.75. The standard InChI is InChI=1S/C21H36N3O5Si/c1-5-7-10-17(6-2)16-29-19-12-9-8-11-18(19)15-23-24-20(30(27-3)28-4)13-14-22-21(25)26/h8-9,11-12,17,20,22H,5-7,10,13-16H2,1-4H3,(H,25,26). The molecule has 0 saturated heterocycles. The van der Waals surface area contributed by atoms with Crippen LogP contribution in [-0.4, -0.2) is 53.5 Å². The van der Waals surface area contributed by atoms with Gasteiger partial charge in [0.05, 0.1) is 13.2 Å². The Hall–Kier alpha value is -1.97. The van der Waals surface area contributed by atoms with Gasteiger partial charge in [-0.1, -0.05) is 51.3 Å². The maximum Gasteiger partial charge on any atom is 0.413 e. The Labute approximate surface area is 181 Å².